The number of rotatable bonds is 4. The molecule has 0 spiro atoms. The van der Waals surface area contributed by atoms with E-state index in [9.17, 15) is 9.90 Å². The number of hydrogen-bond acceptors (Lipinski definition) is 4. The molecule has 1 atom stereocenters. The number of hydrogen-bond donors (Lipinski definition) is 2. The SMILES string of the molecule is O=C1C[C@H](O)CN1CC1CCN(c2ccc(-c3cn[nH]c3)cc2)CC1. The Morgan fingerprint density at radius 1 is 1.16 bits per heavy atom. The zero-order chi connectivity index (χ0) is 17.2. The van der Waals surface area contributed by atoms with Gasteiger partial charge in [-0.25, -0.2) is 0 Å². The van der Waals surface area contributed by atoms with Gasteiger partial charge in [0.25, 0.3) is 0 Å². The van der Waals surface area contributed by atoms with Crippen LogP contribution in [-0.2, 0) is 4.79 Å². The van der Waals surface area contributed by atoms with Gasteiger partial charge in [0.05, 0.1) is 18.7 Å². The van der Waals surface area contributed by atoms with Crippen molar-refractivity contribution in [1.82, 2.24) is 15.1 Å². The van der Waals surface area contributed by atoms with Gasteiger partial charge in [0.15, 0.2) is 0 Å². The number of benzene rings is 1. The third-order valence-electron chi connectivity index (χ3n) is 5.35. The monoisotopic (exact) mass is 340 g/mol. The lowest BCUT2D eigenvalue weighted by Crippen LogP contribution is -2.39. The fourth-order valence-corrected chi connectivity index (χ4v) is 3.89. The Morgan fingerprint density at radius 2 is 1.92 bits per heavy atom. The zero-order valence-corrected chi connectivity index (χ0v) is 14.3. The largest absolute Gasteiger partial charge is 0.391 e. The lowest BCUT2D eigenvalue weighted by atomic mass is 9.95. The second-order valence-electron chi connectivity index (χ2n) is 7.12. The number of β-amino-alcohol motifs (C(OH)–C–C–N with tert-alkyl or cyclic N) is 1. The number of aromatic amines is 1. The van der Waals surface area contributed by atoms with Gasteiger partial charge in [0.1, 0.15) is 0 Å². The van der Waals surface area contributed by atoms with Crippen molar-refractivity contribution in [2.75, 3.05) is 31.1 Å². The molecule has 0 bridgehead atoms. The molecule has 6 nitrogen and oxygen atoms in total. The van der Waals surface area contributed by atoms with Gasteiger partial charge in [-0.05, 0) is 36.5 Å². The fourth-order valence-electron chi connectivity index (χ4n) is 3.89. The van der Waals surface area contributed by atoms with Crippen LogP contribution in [-0.4, -0.2) is 58.4 Å². The summed E-state index contributed by atoms with van der Waals surface area (Å²) >= 11 is 0. The van der Waals surface area contributed by atoms with E-state index in [0.29, 0.717) is 18.9 Å². The van der Waals surface area contributed by atoms with Gasteiger partial charge in [-0.3, -0.25) is 9.89 Å². The van der Waals surface area contributed by atoms with E-state index in [2.05, 4.69) is 39.4 Å². The highest BCUT2D eigenvalue weighted by atomic mass is 16.3. The fraction of sp³-hybridized carbons (Fsp3) is 0.474. The maximum Gasteiger partial charge on any atom is 0.225 e. The smallest absolute Gasteiger partial charge is 0.225 e. The van der Waals surface area contributed by atoms with E-state index in [0.717, 1.165) is 38.0 Å². The third-order valence-corrected chi connectivity index (χ3v) is 5.35. The van der Waals surface area contributed by atoms with Crippen LogP contribution in [0, 0.1) is 5.92 Å². The van der Waals surface area contributed by atoms with Crippen LogP contribution in [0.1, 0.15) is 19.3 Å². The molecule has 25 heavy (non-hydrogen) atoms. The highest BCUT2D eigenvalue weighted by molar-refractivity contribution is 5.79. The summed E-state index contributed by atoms with van der Waals surface area (Å²) in [5, 5.41) is 16.4. The summed E-state index contributed by atoms with van der Waals surface area (Å²) in [6.45, 7) is 3.33. The average Bonchev–Trinajstić information content (AvgIpc) is 3.26. The van der Waals surface area contributed by atoms with Gasteiger partial charge in [0.2, 0.25) is 5.91 Å². The summed E-state index contributed by atoms with van der Waals surface area (Å²) < 4.78 is 0. The molecule has 1 aromatic heterocycles. The summed E-state index contributed by atoms with van der Waals surface area (Å²) in [5.74, 6) is 0.639. The van der Waals surface area contributed by atoms with Crippen LogP contribution >= 0.6 is 0 Å². The van der Waals surface area contributed by atoms with Crippen LogP contribution in [0.3, 0.4) is 0 Å². The van der Waals surface area contributed by atoms with Gasteiger partial charge < -0.3 is 14.9 Å². The molecule has 3 heterocycles. The van der Waals surface area contributed by atoms with Crippen molar-refractivity contribution in [2.45, 2.75) is 25.4 Å². The summed E-state index contributed by atoms with van der Waals surface area (Å²) in [5.41, 5.74) is 3.51. The average molecular weight is 340 g/mol. The van der Waals surface area contributed by atoms with Crippen molar-refractivity contribution in [3.63, 3.8) is 0 Å². The number of carbonyl (C=O) groups is 1. The predicted octanol–water partition coefficient (Wildman–Crippen LogP) is 1.89. The summed E-state index contributed by atoms with van der Waals surface area (Å²) in [6.07, 6.45) is 5.73. The molecule has 2 aromatic rings. The molecule has 2 aliphatic rings. The van der Waals surface area contributed by atoms with Crippen molar-refractivity contribution in [2.24, 2.45) is 5.92 Å². The molecule has 2 saturated heterocycles. The second-order valence-corrected chi connectivity index (χ2v) is 7.12. The quantitative estimate of drug-likeness (QED) is 0.891. The van der Waals surface area contributed by atoms with Crippen LogP contribution in [0.4, 0.5) is 5.69 Å². The van der Waals surface area contributed by atoms with Crippen molar-refractivity contribution in [3.8, 4) is 11.1 Å². The molecule has 2 fully saturated rings. The van der Waals surface area contributed by atoms with Gasteiger partial charge in [-0.1, -0.05) is 12.1 Å². The number of nitrogens with zero attached hydrogens (tertiary/aromatic N) is 3. The molecule has 4 rings (SSSR count). The molecule has 0 aliphatic carbocycles. The second kappa shape index (κ2) is 6.88. The van der Waals surface area contributed by atoms with Crippen molar-refractivity contribution in [3.05, 3.63) is 36.7 Å². The molecule has 1 aromatic carbocycles. The first-order valence-electron chi connectivity index (χ1n) is 8.99. The minimum atomic E-state index is -0.471. The topological polar surface area (TPSA) is 72.5 Å². The summed E-state index contributed by atoms with van der Waals surface area (Å²) in [7, 11) is 0. The van der Waals surface area contributed by atoms with E-state index in [1.165, 1.54) is 11.3 Å². The first-order chi connectivity index (χ1) is 12.2. The number of aliphatic hydroxyl groups is 1. The maximum absolute atomic E-state index is 11.8. The molecular weight excluding hydrogens is 316 g/mol. The maximum atomic E-state index is 11.8. The van der Waals surface area contributed by atoms with E-state index >= 15 is 0 Å². The van der Waals surface area contributed by atoms with Crippen molar-refractivity contribution >= 4 is 11.6 Å². The van der Waals surface area contributed by atoms with Crippen molar-refractivity contribution in [1.29, 1.82) is 0 Å². The Balaban J connectivity index is 1.32. The lowest BCUT2D eigenvalue weighted by Gasteiger charge is -2.35. The number of aliphatic hydroxyl groups excluding tert-OH is 1. The van der Waals surface area contributed by atoms with Gasteiger partial charge in [-0.2, -0.15) is 5.10 Å². The first kappa shape index (κ1) is 16.1. The molecule has 2 aliphatic heterocycles. The molecule has 2 N–H and O–H groups in total. The number of piperidine rings is 1. The number of nitrogens with one attached hydrogen (secondary N) is 1. The zero-order valence-electron chi connectivity index (χ0n) is 14.3. The highest BCUT2D eigenvalue weighted by Crippen LogP contribution is 2.27. The Hall–Kier alpha value is -2.34. The third kappa shape index (κ3) is 3.54. The number of amides is 1. The van der Waals surface area contributed by atoms with Gasteiger partial charge >= 0.3 is 0 Å². The number of anilines is 1. The summed E-state index contributed by atoms with van der Waals surface area (Å²) in [4.78, 5) is 16.1. The van der Waals surface area contributed by atoms with E-state index < -0.39 is 6.10 Å². The molecule has 1 amide bonds. The highest BCUT2D eigenvalue weighted by Gasteiger charge is 2.30. The predicted molar refractivity (Wildman–Crippen MR) is 96.2 cm³/mol. The Morgan fingerprint density at radius 3 is 2.52 bits per heavy atom. The molecule has 0 radical (unpaired) electrons. The van der Waals surface area contributed by atoms with Crippen molar-refractivity contribution < 1.29 is 9.90 Å². The van der Waals surface area contributed by atoms with E-state index in [1.807, 2.05) is 17.3 Å². The standard InChI is InChI=1S/C19H24N4O2/c24-18-9-19(25)23(13-18)12-14-5-7-22(8-6-14)17-3-1-15(2-4-17)16-10-20-21-11-16/h1-4,10-11,14,18,24H,5-9,12-13H2,(H,20,21)/t18-/m0/s1. The van der Waals surface area contributed by atoms with Gasteiger partial charge in [0, 0.05) is 43.6 Å². The van der Waals surface area contributed by atoms with Crippen LogP contribution in [0.5, 0.6) is 0 Å². The van der Waals surface area contributed by atoms with Crippen LogP contribution in [0.2, 0.25) is 0 Å². The molecule has 132 valence electrons. The Labute approximate surface area is 147 Å². The van der Waals surface area contributed by atoms with Gasteiger partial charge in [-0.15, -0.1) is 0 Å². The number of likely N-dealkylation sites (tertiary alicyclic amines) is 1. The number of H-pyrrole nitrogens is 1. The van der Waals surface area contributed by atoms with E-state index in [1.54, 1.807) is 0 Å². The Bertz CT molecular complexity index is 706. The van der Waals surface area contributed by atoms with E-state index in [-0.39, 0.29) is 5.91 Å². The van der Waals surface area contributed by atoms with Crippen LogP contribution < -0.4 is 4.90 Å². The molecule has 0 unspecified atom stereocenters. The first-order valence-corrected chi connectivity index (χ1v) is 8.99. The molecular formula is C19H24N4O2. The molecule has 6 heteroatoms. The number of aromatic nitrogens is 2. The van der Waals surface area contributed by atoms with Crippen LogP contribution in [0.25, 0.3) is 11.1 Å². The minimum absolute atomic E-state index is 0.102. The Kier molecular flexibility index (Phi) is 4.44. The molecule has 0 saturated carbocycles. The van der Waals surface area contributed by atoms with Crippen LogP contribution in [0.15, 0.2) is 36.7 Å². The normalized spacial score (nSPS) is 22.0. The lowest BCUT2D eigenvalue weighted by molar-refractivity contribution is -0.128. The minimum Gasteiger partial charge on any atom is -0.391 e. The van der Waals surface area contributed by atoms with E-state index in [4.69, 9.17) is 0 Å². The summed E-state index contributed by atoms with van der Waals surface area (Å²) in [6, 6.07) is 8.61. The number of carbonyl (C=O) groups excluding carboxylic acids is 1.